The standard InChI is InChI=1S/C17H22BrN3O/c18-13-3-1-2-12(9-13)17(6-7-17)16(22)20-14-4-5-15-11(8-14)10-19-21-15/h1-3,9,11,14-15,19,21H,4-8,10H2,(H,20,22). The van der Waals surface area contributed by atoms with Crippen molar-refractivity contribution in [2.45, 2.75) is 49.6 Å². The second-order valence-corrected chi connectivity index (χ2v) is 7.88. The van der Waals surface area contributed by atoms with Gasteiger partial charge >= 0.3 is 0 Å². The van der Waals surface area contributed by atoms with Crippen LogP contribution in [0.4, 0.5) is 0 Å². The molecule has 5 heteroatoms. The third-order valence-electron chi connectivity index (χ3n) is 5.53. The molecule has 3 N–H and O–H groups in total. The molecule has 1 aromatic rings. The van der Waals surface area contributed by atoms with E-state index in [1.54, 1.807) is 0 Å². The van der Waals surface area contributed by atoms with E-state index in [4.69, 9.17) is 0 Å². The lowest BCUT2D eigenvalue weighted by Gasteiger charge is -2.32. The highest BCUT2D eigenvalue weighted by atomic mass is 79.9. The summed E-state index contributed by atoms with van der Waals surface area (Å²) in [6, 6.07) is 9.13. The van der Waals surface area contributed by atoms with Crippen molar-refractivity contribution in [1.82, 2.24) is 16.2 Å². The van der Waals surface area contributed by atoms with Gasteiger partial charge in [-0.05, 0) is 55.7 Å². The van der Waals surface area contributed by atoms with Gasteiger partial charge in [0.2, 0.25) is 5.91 Å². The smallest absolute Gasteiger partial charge is 0.230 e. The third-order valence-corrected chi connectivity index (χ3v) is 6.02. The van der Waals surface area contributed by atoms with Crippen LogP contribution in [0.2, 0.25) is 0 Å². The summed E-state index contributed by atoms with van der Waals surface area (Å²) in [5.74, 6) is 0.882. The van der Waals surface area contributed by atoms with Gasteiger partial charge in [-0.3, -0.25) is 15.6 Å². The van der Waals surface area contributed by atoms with E-state index < -0.39 is 0 Å². The molecule has 1 aromatic carbocycles. The molecule has 2 aliphatic carbocycles. The number of amides is 1. The number of carbonyl (C=O) groups is 1. The van der Waals surface area contributed by atoms with Crippen LogP contribution in [0, 0.1) is 5.92 Å². The van der Waals surface area contributed by atoms with Crippen molar-refractivity contribution in [2.75, 3.05) is 6.54 Å². The average molecular weight is 364 g/mol. The molecule has 3 unspecified atom stereocenters. The number of hydrazine groups is 1. The predicted molar refractivity (Wildman–Crippen MR) is 89.3 cm³/mol. The first-order valence-corrected chi connectivity index (χ1v) is 9.02. The van der Waals surface area contributed by atoms with Crippen LogP contribution in [0.5, 0.6) is 0 Å². The Balaban J connectivity index is 1.44. The molecule has 0 bridgehead atoms. The zero-order chi connectivity index (χ0) is 15.2. The highest BCUT2D eigenvalue weighted by Crippen LogP contribution is 2.49. The number of hydrogen-bond acceptors (Lipinski definition) is 3. The topological polar surface area (TPSA) is 53.2 Å². The first kappa shape index (κ1) is 14.7. The van der Waals surface area contributed by atoms with Crippen molar-refractivity contribution in [3.63, 3.8) is 0 Å². The van der Waals surface area contributed by atoms with Crippen molar-refractivity contribution in [2.24, 2.45) is 5.92 Å². The van der Waals surface area contributed by atoms with E-state index in [9.17, 15) is 4.79 Å². The molecule has 4 rings (SSSR count). The zero-order valence-corrected chi connectivity index (χ0v) is 14.2. The van der Waals surface area contributed by atoms with Crippen LogP contribution < -0.4 is 16.2 Å². The van der Waals surface area contributed by atoms with Crippen molar-refractivity contribution >= 4 is 21.8 Å². The van der Waals surface area contributed by atoms with Crippen LogP contribution in [-0.4, -0.2) is 24.5 Å². The van der Waals surface area contributed by atoms with Gasteiger partial charge < -0.3 is 5.32 Å². The molecule has 1 aliphatic heterocycles. The maximum Gasteiger partial charge on any atom is 0.230 e. The lowest BCUT2D eigenvalue weighted by Crippen LogP contribution is -2.47. The highest BCUT2D eigenvalue weighted by Gasteiger charge is 2.52. The van der Waals surface area contributed by atoms with Gasteiger partial charge in [0.1, 0.15) is 0 Å². The van der Waals surface area contributed by atoms with E-state index in [0.717, 1.165) is 48.7 Å². The quantitative estimate of drug-likeness (QED) is 0.771. The Morgan fingerprint density at radius 1 is 1.32 bits per heavy atom. The van der Waals surface area contributed by atoms with Gasteiger partial charge in [0, 0.05) is 23.1 Å². The molecule has 4 nitrogen and oxygen atoms in total. The Kier molecular flexibility index (Phi) is 3.75. The summed E-state index contributed by atoms with van der Waals surface area (Å²) >= 11 is 3.52. The first-order chi connectivity index (χ1) is 10.7. The van der Waals surface area contributed by atoms with E-state index in [1.807, 2.05) is 12.1 Å². The molecule has 1 saturated heterocycles. The summed E-state index contributed by atoms with van der Waals surface area (Å²) < 4.78 is 1.05. The maximum atomic E-state index is 12.8. The highest BCUT2D eigenvalue weighted by molar-refractivity contribution is 9.10. The molecule has 3 fully saturated rings. The first-order valence-electron chi connectivity index (χ1n) is 8.23. The molecule has 0 radical (unpaired) electrons. The van der Waals surface area contributed by atoms with Crippen LogP contribution in [0.25, 0.3) is 0 Å². The Morgan fingerprint density at radius 3 is 2.95 bits per heavy atom. The Bertz CT molecular complexity index is 587. The number of halogens is 1. The summed E-state index contributed by atoms with van der Waals surface area (Å²) in [7, 11) is 0. The normalized spacial score (nSPS) is 32.3. The minimum absolute atomic E-state index is 0.230. The van der Waals surface area contributed by atoms with E-state index in [-0.39, 0.29) is 11.3 Å². The number of carbonyl (C=O) groups excluding carboxylic acids is 1. The number of nitrogens with one attached hydrogen (secondary N) is 3. The summed E-state index contributed by atoms with van der Waals surface area (Å²) in [6.45, 7) is 1.02. The number of hydrogen-bond donors (Lipinski definition) is 3. The van der Waals surface area contributed by atoms with E-state index in [2.05, 4.69) is 44.2 Å². The summed E-state index contributed by atoms with van der Waals surface area (Å²) in [4.78, 5) is 12.8. The molecular weight excluding hydrogens is 342 g/mol. The minimum atomic E-state index is -0.271. The lowest BCUT2D eigenvalue weighted by atomic mass is 9.82. The van der Waals surface area contributed by atoms with Crippen molar-refractivity contribution in [1.29, 1.82) is 0 Å². The van der Waals surface area contributed by atoms with E-state index in [0.29, 0.717) is 18.0 Å². The molecule has 3 atom stereocenters. The van der Waals surface area contributed by atoms with Gasteiger partial charge in [0.05, 0.1) is 5.41 Å². The Morgan fingerprint density at radius 2 is 2.18 bits per heavy atom. The third kappa shape index (κ3) is 2.59. The van der Waals surface area contributed by atoms with Crippen LogP contribution >= 0.6 is 15.9 Å². The Labute approximate surface area is 139 Å². The molecule has 0 spiro atoms. The fourth-order valence-electron chi connectivity index (χ4n) is 4.01. The van der Waals surface area contributed by atoms with Crippen molar-refractivity contribution < 1.29 is 4.79 Å². The molecule has 1 heterocycles. The second-order valence-electron chi connectivity index (χ2n) is 6.97. The fourth-order valence-corrected chi connectivity index (χ4v) is 4.41. The van der Waals surface area contributed by atoms with Crippen LogP contribution in [0.15, 0.2) is 28.7 Å². The molecule has 1 amide bonds. The van der Waals surface area contributed by atoms with Gasteiger partial charge in [0.15, 0.2) is 0 Å². The van der Waals surface area contributed by atoms with E-state index >= 15 is 0 Å². The largest absolute Gasteiger partial charge is 0.353 e. The fraction of sp³-hybridized carbons (Fsp3) is 0.588. The minimum Gasteiger partial charge on any atom is -0.353 e. The SMILES string of the molecule is O=C(NC1CCC2NNCC2C1)C1(c2cccc(Br)c2)CC1. The van der Waals surface area contributed by atoms with Crippen molar-refractivity contribution in [3.05, 3.63) is 34.3 Å². The molecule has 22 heavy (non-hydrogen) atoms. The van der Waals surface area contributed by atoms with Crippen LogP contribution in [0.3, 0.4) is 0 Å². The van der Waals surface area contributed by atoms with Crippen LogP contribution in [-0.2, 0) is 10.2 Å². The second kappa shape index (κ2) is 5.62. The van der Waals surface area contributed by atoms with Gasteiger partial charge in [-0.2, -0.15) is 0 Å². The lowest BCUT2D eigenvalue weighted by molar-refractivity contribution is -0.124. The number of rotatable bonds is 3. The Hall–Kier alpha value is -0.910. The maximum absolute atomic E-state index is 12.8. The van der Waals surface area contributed by atoms with E-state index in [1.165, 1.54) is 0 Å². The predicted octanol–water partition coefficient (Wildman–Crippen LogP) is 2.24. The average Bonchev–Trinajstić information content (AvgIpc) is 3.20. The summed E-state index contributed by atoms with van der Waals surface area (Å²) in [5.41, 5.74) is 7.46. The van der Waals surface area contributed by atoms with Gasteiger partial charge in [-0.1, -0.05) is 28.1 Å². The zero-order valence-electron chi connectivity index (χ0n) is 12.6. The monoisotopic (exact) mass is 363 g/mol. The molecule has 0 aromatic heterocycles. The van der Waals surface area contributed by atoms with Gasteiger partial charge in [0.25, 0.3) is 0 Å². The van der Waals surface area contributed by atoms with Gasteiger partial charge in [-0.25, -0.2) is 0 Å². The van der Waals surface area contributed by atoms with Crippen molar-refractivity contribution in [3.8, 4) is 0 Å². The molecule has 118 valence electrons. The summed E-state index contributed by atoms with van der Waals surface area (Å²) in [6.07, 6.45) is 5.25. The molecular formula is C17H22BrN3O. The van der Waals surface area contributed by atoms with Crippen LogP contribution in [0.1, 0.15) is 37.7 Å². The number of benzene rings is 1. The van der Waals surface area contributed by atoms with Gasteiger partial charge in [-0.15, -0.1) is 0 Å². The summed E-state index contributed by atoms with van der Waals surface area (Å²) in [5, 5.41) is 3.34. The number of fused-ring (bicyclic) bond motifs is 1. The molecule has 2 saturated carbocycles. The molecule has 3 aliphatic rings.